The van der Waals surface area contributed by atoms with E-state index in [2.05, 4.69) is 10.6 Å². The molecule has 0 atom stereocenters. The van der Waals surface area contributed by atoms with Gasteiger partial charge in [-0.3, -0.25) is 0 Å². The first kappa shape index (κ1) is 13.7. The summed E-state index contributed by atoms with van der Waals surface area (Å²) in [6.07, 6.45) is 0. The molecule has 0 spiro atoms. The summed E-state index contributed by atoms with van der Waals surface area (Å²) in [5.41, 5.74) is -0.286. The third-order valence-corrected chi connectivity index (χ3v) is 1.25. The van der Waals surface area contributed by atoms with Crippen LogP contribution in [-0.2, 0) is 9.53 Å². The number of carbonyl (C=O) groups excluding carboxylic acids is 1. The highest BCUT2D eigenvalue weighted by Crippen LogP contribution is 1.96. The Morgan fingerprint density at radius 1 is 1.33 bits per heavy atom. The van der Waals surface area contributed by atoms with Gasteiger partial charge in [0.1, 0.15) is 6.61 Å². The first-order valence-electron chi connectivity index (χ1n) is 4.67. The third kappa shape index (κ3) is 10.6. The summed E-state index contributed by atoms with van der Waals surface area (Å²) in [5, 5.41) is 13.5. The average molecular weight is 218 g/mol. The number of urea groups is 1. The van der Waals surface area contributed by atoms with Gasteiger partial charge in [0.15, 0.2) is 0 Å². The molecule has 0 bridgehead atoms. The molecule has 0 aromatic heterocycles. The number of carbonyl (C=O) groups is 2. The number of carboxylic acid groups (broad SMARTS) is 1. The molecule has 15 heavy (non-hydrogen) atoms. The number of aliphatic carboxylic acids is 1. The van der Waals surface area contributed by atoms with Crippen LogP contribution in [0.5, 0.6) is 0 Å². The predicted octanol–water partition coefficient (Wildman–Crippen LogP) is 0.185. The molecule has 0 aromatic carbocycles. The third-order valence-electron chi connectivity index (χ3n) is 1.25. The van der Waals surface area contributed by atoms with E-state index in [1.54, 1.807) is 0 Å². The zero-order chi connectivity index (χ0) is 11.9. The van der Waals surface area contributed by atoms with Crippen molar-refractivity contribution in [2.75, 3.05) is 19.8 Å². The Kier molecular flexibility index (Phi) is 5.69. The zero-order valence-corrected chi connectivity index (χ0v) is 9.29. The van der Waals surface area contributed by atoms with E-state index >= 15 is 0 Å². The minimum atomic E-state index is -1.02. The minimum absolute atomic E-state index is 0.184. The maximum absolute atomic E-state index is 11.2. The number of ether oxygens (including phenoxy) is 1. The van der Waals surface area contributed by atoms with Gasteiger partial charge >= 0.3 is 12.0 Å². The quantitative estimate of drug-likeness (QED) is 0.575. The lowest BCUT2D eigenvalue weighted by Crippen LogP contribution is -2.47. The van der Waals surface area contributed by atoms with E-state index in [4.69, 9.17) is 9.84 Å². The van der Waals surface area contributed by atoms with Gasteiger partial charge in [0.2, 0.25) is 0 Å². The second-order valence-electron chi connectivity index (χ2n) is 4.08. The van der Waals surface area contributed by atoms with Crippen LogP contribution in [0.25, 0.3) is 0 Å². The largest absolute Gasteiger partial charge is 0.480 e. The number of hydrogen-bond donors (Lipinski definition) is 3. The zero-order valence-electron chi connectivity index (χ0n) is 9.29. The average Bonchev–Trinajstić information content (AvgIpc) is 1.99. The Labute approximate surface area is 89.0 Å². The van der Waals surface area contributed by atoms with E-state index in [9.17, 15) is 9.59 Å². The highest BCUT2D eigenvalue weighted by atomic mass is 16.5. The van der Waals surface area contributed by atoms with Gasteiger partial charge in [-0.25, -0.2) is 9.59 Å². The molecule has 0 aliphatic carbocycles. The highest BCUT2D eigenvalue weighted by Gasteiger charge is 2.12. The monoisotopic (exact) mass is 218 g/mol. The molecular weight excluding hydrogens is 200 g/mol. The molecule has 0 aliphatic heterocycles. The van der Waals surface area contributed by atoms with Gasteiger partial charge in [-0.15, -0.1) is 0 Å². The molecule has 0 unspecified atom stereocenters. The molecule has 0 aromatic rings. The molecule has 3 N–H and O–H groups in total. The van der Waals surface area contributed by atoms with E-state index in [-0.39, 0.29) is 31.3 Å². The van der Waals surface area contributed by atoms with E-state index in [0.717, 1.165) is 0 Å². The fourth-order valence-electron chi connectivity index (χ4n) is 0.781. The van der Waals surface area contributed by atoms with Crippen molar-refractivity contribution < 1.29 is 19.4 Å². The van der Waals surface area contributed by atoms with Gasteiger partial charge in [-0.2, -0.15) is 0 Å². The van der Waals surface area contributed by atoms with Crippen molar-refractivity contribution in [2.45, 2.75) is 26.3 Å². The van der Waals surface area contributed by atoms with E-state index < -0.39 is 5.97 Å². The number of amides is 2. The molecule has 0 fully saturated rings. The van der Waals surface area contributed by atoms with Crippen LogP contribution in [0.2, 0.25) is 0 Å². The lowest BCUT2D eigenvalue weighted by Gasteiger charge is -2.20. The number of hydrogen-bond acceptors (Lipinski definition) is 3. The summed E-state index contributed by atoms with van der Waals surface area (Å²) < 4.78 is 4.73. The molecule has 2 amide bonds. The van der Waals surface area contributed by atoms with E-state index in [1.807, 2.05) is 20.8 Å². The Bertz CT molecular complexity index is 223. The smallest absolute Gasteiger partial charge is 0.329 e. The molecule has 0 heterocycles. The van der Waals surface area contributed by atoms with Crippen LogP contribution in [0.4, 0.5) is 4.79 Å². The van der Waals surface area contributed by atoms with E-state index in [1.165, 1.54) is 0 Å². The Balaban J connectivity index is 3.44. The first-order chi connectivity index (χ1) is 6.81. The fraction of sp³-hybridized carbons (Fsp3) is 0.778. The van der Waals surface area contributed by atoms with Crippen LogP contribution >= 0.6 is 0 Å². The number of carboxylic acids is 1. The molecule has 0 saturated heterocycles. The predicted molar refractivity (Wildman–Crippen MR) is 54.7 cm³/mol. The summed E-state index contributed by atoms with van der Waals surface area (Å²) in [4.78, 5) is 21.2. The van der Waals surface area contributed by atoms with Gasteiger partial charge in [-0.05, 0) is 20.8 Å². The summed E-state index contributed by atoms with van der Waals surface area (Å²) in [6.45, 7) is 5.73. The molecule has 0 radical (unpaired) electrons. The lowest BCUT2D eigenvalue weighted by molar-refractivity contribution is -0.142. The second-order valence-corrected chi connectivity index (χ2v) is 4.08. The van der Waals surface area contributed by atoms with Crippen LogP contribution in [0.15, 0.2) is 0 Å². The Hall–Kier alpha value is -1.30. The summed E-state index contributed by atoms with van der Waals surface area (Å²) in [6, 6.07) is -0.290. The molecule has 0 rings (SSSR count). The van der Waals surface area contributed by atoms with Crippen LogP contribution in [0, 0.1) is 0 Å². The number of nitrogens with one attached hydrogen (secondary N) is 2. The van der Waals surface area contributed by atoms with Crippen molar-refractivity contribution in [3.63, 3.8) is 0 Å². The number of rotatable bonds is 5. The van der Waals surface area contributed by atoms with Crippen molar-refractivity contribution in [3.8, 4) is 0 Å². The van der Waals surface area contributed by atoms with E-state index in [0.29, 0.717) is 0 Å². The van der Waals surface area contributed by atoms with Crippen molar-refractivity contribution in [1.29, 1.82) is 0 Å². The summed E-state index contributed by atoms with van der Waals surface area (Å²) in [7, 11) is 0. The van der Waals surface area contributed by atoms with Crippen molar-refractivity contribution in [2.24, 2.45) is 0 Å². The molecular formula is C9H18N2O4. The van der Waals surface area contributed by atoms with Crippen molar-refractivity contribution in [3.05, 3.63) is 0 Å². The van der Waals surface area contributed by atoms with Crippen molar-refractivity contribution >= 4 is 12.0 Å². The molecule has 0 aliphatic rings. The summed E-state index contributed by atoms with van der Waals surface area (Å²) >= 11 is 0. The van der Waals surface area contributed by atoms with Gasteiger partial charge in [0.25, 0.3) is 0 Å². The minimum Gasteiger partial charge on any atom is -0.480 e. The maximum Gasteiger partial charge on any atom is 0.329 e. The molecule has 6 heteroatoms. The van der Waals surface area contributed by atoms with Crippen molar-refractivity contribution in [1.82, 2.24) is 10.6 Å². The Morgan fingerprint density at radius 2 is 1.93 bits per heavy atom. The summed E-state index contributed by atoms with van der Waals surface area (Å²) in [5.74, 6) is -1.02. The molecule has 6 nitrogen and oxygen atoms in total. The SMILES string of the molecule is CC(C)(C)NC(=O)NCCOCC(=O)O. The Morgan fingerprint density at radius 3 is 2.40 bits per heavy atom. The van der Waals surface area contributed by atoms with Gasteiger partial charge in [0, 0.05) is 12.1 Å². The van der Waals surface area contributed by atoms with Gasteiger partial charge in [-0.1, -0.05) is 0 Å². The fourth-order valence-corrected chi connectivity index (χ4v) is 0.781. The molecule has 88 valence electrons. The van der Waals surface area contributed by atoms with Gasteiger partial charge < -0.3 is 20.5 Å². The van der Waals surface area contributed by atoms with Crippen LogP contribution < -0.4 is 10.6 Å². The maximum atomic E-state index is 11.2. The topological polar surface area (TPSA) is 87.7 Å². The second kappa shape index (κ2) is 6.23. The lowest BCUT2D eigenvalue weighted by atomic mass is 10.1. The van der Waals surface area contributed by atoms with Crippen LogP contribution in [-0.4, -0.2) is 42.4 Å². The van der Waals surface area contributed by atoms with Crippen LogP contribution in [0.1, 0.15) is 20.8 Å². The first-order valence-corrected chi connectivity index (χ1v) is 4.67. The molecule has 0 saturated carbocycles. The standard InChI is InChI=1S/C9H18N2O4/c1-9(2,3)11-8(14)10-4-5-15-6-7(12)13/h4-6H2,1-3H3,(H,12,13)(H2,10,11,14). The highest BCUT2D eigenvalue weighted by molar-refractivity contribution is 5.74. The normalized spacial score (nSPS) is 10.9. The van der Waals surface area contributed by atoms with Gasteiger partial charge in [0.05, 0.1) is 6.61 Å². The van der Waals surface area contributed by atoms with Crippen LogP contribution in [0.3, 0.4) is 0 Å².